The topological polar surface area (TPSA) is 128 Å². The van der Waals surface area contributed by atoms with E-state index in [4.69, 9.17) is 22.3 Å². The van der Waals surface area contributed by atoms with Crippen molar-refractivity contribution in [2.75, 3.05) is 6.54 Å². The number of aliphatic carboxylic acids is 1. The van der Waals surface area contributed by atoms with E-state index in [1.165, 1.54) is 0 Å². The summed E-state index contributed by atoms with van der Waals surface area (Å²) in [5, 5.41) is 8.58. The zero-order valence-corrected chi connectivity index (χ0v) is 9.63. The van der Waals surface area contributed by atoms with Crippen molar-refractivity contribution in [3.63, 3.8) is 0 Å². The lowest BCUT2D eigenvalue weighted by Gasteiger charge is -2.03. The number of aliphatic imine (C=N–C) groups is 1. The number of rotatable bonds is 4. The van der Waals surface area contributed by atoms with Gasteiger partial charge in [-0.1, -0.05) is 0 Å². The van der Waals surface area contributed by atoms with Gasteiger partial charge in [-0.2, -0.15) is 0 Å². The van der Waals surface area contributed by atoms with Crippen LogP contribution in [0.15, 0.2) is 4.99 Å². The summed E-state index contributed by atoms with van der Waals surface area (Å²) < 4.78 is 0. The molecule has 1 aliphatic carbocycles. The zero-order valence-electron chi connectivity index (χ0n) is 8.00. The highest BCUT2D eigenvalue weighted by atomic mass is 35.5. The van der Waals surface area contributed by atoms with Crippen LogP contribution in [0.25, 0.3) is 0 Å². The smallest absolute Gasteiger partial charge is 0.320 e. The van der Waals surface area contributed by atoms with Crippen molar-refractivity contribution in [1.29, 1.82) is 0 Å². The SMILES string of the molecule is Cl.Cl.NC(N)=NC[C@@H]1C[C@@H]1[C@@H](N)C(=O)O. The maximum atomic E-state index is 10.5. The number of carbonyl (C=O) groups is 1. The minimum Gasteiger partial charge on any atom is -0.480 e. The molecule has 0 saturated heterocycles. The van der Waals surface area contributed by atoms with E-state index in [0.29, 0.717) is 6.54 Å². The maximum Gasteiger partial charge on any atom is 0.320 e. The van der Waals surface area contributed by atoms with E-state index in [1.54, 1.807) is 0 Å². The molecule has 15 heavy (non-hydrogen) atoms. The molecule has 6 nitrogen and oxygen atoms in total. The Hall–Kier alpha value is -0.720. The average Bonchev–Trinajstić information content (AvgIpc) is 2.78. The molecule has 0 aromatic heterocycles. The van der Waals surface area contributed by atoms with Crippen LogP contribution in [0.1, 0.15) is 6.42 Å². The number of carboxylic acids is 1. The van der Waals surface area contributed by atoms with Crippen molar-refractivity contribution in [1.82, 2.24) is 0 Å². The quantitative estimate of drug-likeness (QED) is 0.386. The average molecular weight is 259 g/mol. The normalized spacial score (nSPS) is 24.1. The second-order valence-electron chi connectivity index (χ2n) is 3.29. The summed E-state index contributed by atoms with van der Waals surface area (Å²) in [6.07, 6.45) is 0.796. The molecule has 1 saturated carbocycles. The summed E-state index contributed by atoms with van der Waals surface area (Å²) in [4.78, 5) is 14.3. The van der Waals surface area contributed by atoms with Crippen molar-refractivity contribution in [3.05, 3.63) is 0 Å². The van der Waals surface area contributed by atoms with Crippen LogP contribution in [0.2, 0.25) is 0 Å². The van der Waals surface area contributed by atoms with Crippen LogP contribution in [0.5, 0.6) is 0 Å². The highest BCUT2D eigenvalue weighted by Gasteiger charge is 2.44. The summed E-state index contributed by atoms with van der Waals surface area (Å²) in [5.41, 5.74) is 15.7. The third-order valence-corrected chi connectivity index (χ3v) is 2.23. The van der Waals surface area contributed by atoms with E-state index >= 15 is 0 Å². The van der Waals surface area contributed by atoms with Crippen LogP contribution in [0.4, 0.5) is 0 Å². The zero-order chi connectivity index (χ0) is 10.0. The minimum absolute atomic E-state index is 0. The van der Waals surface area contributed by atoms with Gasteiger partial charge in [-0.05, 0) is 18.3 Å². The Morgan fingerprint density at radius 3 is 2.40 bits per heavy atom. The van der Waals surface area contributed by atoms with Gasteiger partial charge in [-0.3, -0.25) is 9.79 Å². The maximum absolute atomic E-state index is 10.5. The molecule has 0 aliphatic heterocycles. The molecule has 1 fully saturated rings. The summed E-state index contributed by atoms with van der Waals surface area (Å²) in [5.74, 6) is -0.666. The van der Waals surface area contributed by atoms with Gasteiger partial charge in [0.2, 0.25) is 0 Å². The Labute approximate surface area is 100 Å². The lowest BCUT2D eigenvalue weighted by Crippen LogP contribution is -2.33. The molecule has 1 rings (SSSR count). The van der Waals surface area contributed by atoms with E-state index in [9.17, 15) is 4.79 Å². The van der Waals surface area contributed by atoms with Crippen molar-refractivity contribution < 1.29 is 9.90 Å². The number of nitrogens with zero attached hydrogens (tertiary/aromatic N) is 1. The molecule has 0 spiro atoms. The molecular weight excluding hydrogens is 243 g/mol. The third-order valence-electron chi connectivity index (χ3n) is 2.23. The monoisotopic (exact) mass is 258 g/mol. The number of carboxylic acid groups (broad SMARTS) is 1. The fourth-order valence-electron chi connectivity index (χ4n) is 1.33. The van der Waals surface area contributed by atoms with Crippen molar-refractivity contribution in [3.8, 4) is 0 Å². The van der Waals surface area contributed by atoms with Gasteiger partial charge in [0.25, 0.3) is 0 Å². The van der Waals surface area contributed by atoms with Gasteiger partial charge in [0.1, 0.15) is 6.04 Å². The Morgan fingerprint density at radius 2 is 2.00 bits per heavy atom. The third kappa shape index (κ3) is 5.06. The molecule has 0 unspecified atom stereocenters. The summed E-state index contributed by atoms with van der Waals surface area (Å²) in [7, 11) is 0. The number of guanidine groups is 1. The van der Waals surface area contributed by atoms with Crippen LogP contribution in [0.3, 0.4) is 0 Å². The molecule has 0 radical (unpaired) electrons. The lowest BCUT2D eigenvalue weighted by molar-refractivity contribution is -0.139. The molecule has 90 valence electrons. The Balaban J connectivity index is 0. The van der Waals surface area contributed by atoms with Gasteiger partial charge >= 0.3 is 5.97 Å². The number of hydrogen-bond acceptors (Lipinski definition) is 3. The van der Waals surface area contributed by atoms with Crippen LogP contribution >= 0.6 is 24.8 Å². The van der Waals surface area contributed by atoms with Crippen molar-refractivity contribution in [2.45, 2.75) is 12.5 Å². The van der Waals surface area contributed by atoms with Gasteiger partial charge in [0, 0.05) is 6.54 Å². The van der Waals surface area contributed by atoms with Crippen molar-refractivity contribution >= 4 is 36.7 Å². The van der Waals surface area contributed by atoms with Crippen LogP contribution in [0, 0.1) is 11.8 Å². The molecule has 0 amide bonds. The van der Waals surface area contributed by atoms with Crippen LogP contribution < -0.4 is 17.2 Å². The first-order chi connectivity index (χ1) is 6.02. The molecule has 0 heterocycles. The van der Waals surface area contributed by atoms with Gasteiger partial charge in [0.05, 0.1) is 0 Å². The Bertz CT molecular complexity index is 245. The standard InChI is InChI=1S/C7H14N4O2.2ClH/c8-5(6(12)13)4-1-3(4)2-11-7(9)10;;/h3-5H,1-2,8H2,(H,12,13)(H4,9,10,11);2*1H/t3-,4-,5+;;/m0../s1. The van der Waals surface area contributed by atoms with Crippen LogP contribution in [-0.4, -0.2) is 29.6 Å². The molecule has 1 aliphatic rings. The van der Waals surface area contributed by atoms with Gasteiger partial charge < -0.3 is 22.3 Å². The number of halogens is 2. The second kappa shape index (κ2) is 6.71. The predicted octanol–water partition coefficient (Wildman–Crippen LogP) is -0.849. The summed E-state index contributed by atoms with van der Waals surface area (Å²) in [6, 6.07) is -0.779. The highest BCUT2D eigenvalue weighted by Crippen LogP contribution is 2.40. The van der Waals surface area contributed by atoms with Gasteiger partial charge in [0.15, 0.2) is 5.96 Å². The molecule has 0 aromatic rings. The minimum atomic E-state index is -0.961. The largest absolute Gasteiger partial charge is 0.480 e. The number of hydrogen-bond donors (Lipinski definition) is 4. The van der Waals surface area contributed by atoms with E-state index < -0.39 is 12.0 Å². The van der Waals surface area contributed by atoms with Crippen LogP contribution in [-0.2, 0) is 4.79 Å². The predicted molar refractivity (Wildman–Crippen MR) is 62.4 cm³/mol. The summed E-state index contributed by atoms with van der Waals surface area (Å²) >= 11 is 0. The van der Waals surface area contributed by atoms with Gasteiger partial charge in [-0.15, -0.1) is 24.8 Å². The van der Waals surface area contributed by atoms with Gasteiger partial charge in [-0.25, -0.2) is 0 Å². The lowest BCUT2D eigenvalue weighted by atomic mass is 10.1. The van der Waals surface area contributed by atoms with E-state index in [2.05, 4.69) is 4.99 Å². The van der Waals surface area contributed by atoms with E-state index in [-0.39, 0.29) is 42.6 Å². The first kappa shape index (κ1) is 16.7. The molecule has 0 bridgehead atoms. The molecule has 0 aromatic carbocycles. The van der Waals surface area contributed by atoms with Crippen molar-refractivity contribution in [2.24, 2.45) is 34.0 Å². The second-order valence-corrected chi connectivity index (χ2v) is 3.29. The molecular formula is C7H16Cl2N4O2. The van der Waals surface area contributed by atoms with E-state index in [1.807, 2.05) is 0 Å². The first-order valence-electron chi connectivity index (χ1n) is 4.06. The Kier molecular flexibility index (Phi) is 7.47. The number of nitrogens with two attached hydrogens (primary N) is 3. The fourth-order valence-corrected chi connectivity index (χ4v) is 1.33. The Morgan fingerprint density at radius 1 is 1.47 bits per heavy atom. The first-order valence-corrected chi connectivity index (χ1v) is 4.06. The molecule has 3 atom stereocenters. The molecule has 8 heteroatoms. The van der Waals surface area contributed by atoms with E-state index in [0.717, 1.165) is 6.42 Å². The fraction of sp³-hybridized carbons (Fsp3) is 0.714. The molecule has 7 N–H and O–H groups in total. The highest BCUT2D eigenvalue weighted by molar-refractivity contribution is 5.85. The summed E-state index contributed by atoms with van der Waals surface area (Å²) in [6.45, 7) is 0.480.